The molecule has 0 unspecified atom stereocenters. The fraction of sp³-hybridized carbons (Fsp3) is 0.444. The Labute approximate surface area is 200 Å². The molecule has 2 aliphatic rings. The van der Waals surface area contributed by atoms with Gasteiger partial charge in [-0.1, -0.05) is 48.5 Å². The summed E-state index contributed by atoms with van der Waals surface area (Å²) in [4.78, 5) is 37.9. The van der Waals surface area contributed by atoms with Crippen LogP contribution in [-0.4, -0.2) is 53.2 Å². The quantitative estimate of drug-likeness (QED) is 0.633. The maximum atomic E-state index is 12.8. The minimum atomic E-state index is -1.01. The van der Waals surface area contributed by atoms with Crippen molar-refractivity contribution in [2.45, 2.75) is 57.5 Å². The summed E-state index contributed by atoms with van der Waals surface area (Å²) in [5, 5.41) is 12.1. The van der Waals surface area contributed by atoms with E-state index in [9.17, 15) is 14.4 Å². The number of carbonyl (C=O) groups excluding carboxylic acids is 2. The summed E-state index contributed by atoms with van der Waals surface area (Å²) in [6.45, 7) is 3.64. The number of aliphatic carboxylic acids is 1. The fourth-order valence-electron chi connectivity index (χ4n) is 5.19. The van der Waals surface area contributed by atoms with Crippen LogP contribution in [0.25, 0.3) is 11.1 Å². The van der Waals surface area contributed by atoms with Gasteiger partial charge in [-0.2, -0.15) is 0 Å². The SMILES string of the molecule is CC(C)N(CC(=O)O)C(=O)C1CCC(NC(=O)OCC2c3ccccc3-c3ccccc32)CC1. The summed E-state index contributed by atoms with van der Waals surface area (Å²) in [6, 6.07) is 16.2. The molecule has 1 saturated carbocycles. The van der Waals surface area contributed by atoms with E-state index in [1.807, 2.05) is 38.1 Å². The Kier molecular flexibility index (Phi) is 7.20. The molecule has 34 heavy (non-hydrogen) atoms. The van der Waals surface area contributed by atoms with E-state index >= 15 is 0 Å². The first-order valence-electron chi connectivity index (χ1n) is 12.0. The molecule has 0 saturated heterocycles. The standard InChI is InChI=1S/C27H32N2O5/c1-17(2)29(15-25(30)31)26(32)18-11-13-19(14-12-18)28-27(33)34-16-24-22-9-5-3-7-20(22)21-8-4-6-10-23(21)24/h3-10,17-19,24H,11-16H2,1-2H3,(H,28,33)(H,30,31). The first-order chi connectivity index (χ1) is 16.3. The summed E-state index contributed by atoms with van der Waals surface area (Å²) in [7, 11) is 0. The minimum absolute atomic E-state index is 0.0164. The van der Waals surface area contributed by atoms with Crippen LogP contribution in [-0.2, 0) is 14.3 Å². The van der Waals surface area contributed by atoms with Crippen LogP contribution in [0.2, 0.25) is 0 Å². The Bertz CT molecular complexity index is 1010. The summed E-state index contributed by atoms with van der Waals surface area (Å²) < 4.78 is 5.64. The molecule has 2 aromatic rings. The summed E-state index contributed by atoms with van der Waals surface area (Å²) >= 11 is 0. The van der Waals surface area contributed by atoms with Crippen LogP contribution in [0.5, 0.6) is 0 Å². The van der Waals surface area contributed by atoms with Crippen molar-refractivity contribution < 1.29 is 24.2 Å². The normalized spacial score (nSPS) is 19.3. The van der Waals surface area contributed by atoms with E-state index in [1.165, 1.54) is 27.2 Å². The van der Waals surface area contributed by atoms with Crippen LogP contribution in [0.3, 0.4) is 0 Å². The molecule has 0 atom stereocenters. The largest absolute Gasteiger partial charge is 0.480 e. The van der Waals surface area contributed by atoms with Crippen molar-refractivity contribution in [3.8, 4) is 11.1 Å². The number of amides is 2. The Morgan fingerprint density at radius 1 is 0.971 bits per heavy atom. The molecular weight excluding hydrogens is 432 g/mol. The van der Waals surface area contributed by atoms with Gasteiger partial charge in [0.25, 0.3) is 0 Å². The predicted molar refractivity (Wildman–Crippen MR) is 128 cm³/mol. The number of carboxylic acid groups (broad SMARTS) is 1. The molecule has 2 amide bonds. The molecule has 7 heteroatoms. The molecule has 0 aromatic heterocycles. The second-order valence-corrected chi connectivity index (χ2v) is 9.47. The zero-order valence-electron chi connectivity index (χ0n) is 19.7. The highest BCUT2D eigenvalue weighted by Crippen LogP contribution is 2.44. The number of nitrogens with one attached hydrogen (secondary N) is 1. The lowest BCUT2D eigenvalue weighted by Gasteiger charge is -2.33. The van der Waals surface area contributed by atoms with E-state index in [4.69, 9.17) is 9.84 Å². The highest BCUT2D eigenvalue weighted by Gasteiger charge is 2.33. The summed E-state index contributed by atoms with van der Waals surface area (Å²) in [5.41, 5.74) is 4.72. The average Bonchev–Trinajstić information content (AvgIpc) is 3.15. The zero-order valence-corrected chi connectivity index (χ0v) is 19.7. The van der Waals surface area contributed by atoms with Crippen LogP contribution >= 0.6 is 0 Å². The van der Waals surface area contributed by atoms with Crippen molar-refractivity contribution in [1.29, 1.82) is 0 Å². The van der Waals surface area contributed by atoms with Crippen molar-refractivity contribution in [3.63, 3.8) is 0 Å². The van der Waals surface area contributed by atoms with Gasteiger partial charge in [-0.05, 0) is 61.8 Å². The van der Waals surface area contributed by atoms with Gasteiger partial charge in [0.05, 0.1) is 0 Å². The molecule has 0 bridgehead atoms. The van der Waals surface area contributed by atoms with Gasteiger partial charge >= 0.3 is 12.1 Å². The van der Waals surface area contributed by atoms with Gasteiger partial charge in [0.2, 0.25) is 5.91 Å². The first kappa shape index (κ1) is 23.8. The molecule has 4 rings (SSSR count). The number of benzene rings is 2. The maximum absolute atomic E-state index is 12.8. The van der Waals surface area contributed by atoms with Gasteiger partial charge in [-0.3, -0.25) is 9.59 Å². The topological polar surface area (TPSA) is 95.9 Å². The third-order valence-corrected chi connectivity index (χ3v) is 6.95. The second-order valence-electron chi connectivity index (χ2n) is 9.47. The Balaban J connectivity index is 1.28. The Hall–Kier alpha value is -3.35. The molecule has 180 valence electrons. The number of alkyl carbamates (subject to hydrolysis) is 1. The number of fused-ring (bicyclic) bond motifs is 3. The van der Waals surface area contributed by atoms with Crippen LogP contribution < -0.4 is 5.32 Å². The number of hydrogen-bond donors (Lipinski definition) is 2. The van der Waals surface area contributed by atoms with Crippen LogP contribution in [0, 0.1) is 5.92 Å². The average molecular weight is 465 g/mol. The van der Waals surface area contributed by atoms with E-state index in [-0.39, 0.29) is 43.0 Å². The van der Waals surface area contributed by atoms with E-state index in [2.05, 4.69) is 29.6 Å². The van der Waals surface area contributed by atoms with Crippen LogP contribution in [0.1, 0.15) is 56.6 Å². The van der Waals surface area contributed by atoms with E-state index < -0.39 is 12.1 Å². The molecule has 2 aromatic carbocycles. The smallest absolute Gasteiger partial charge is 0.407 e. The number of nitrogens with zero attached hydrogens (tertiary/aromatic N) is 1. The maximum Gasteiger partial charge on any atom is 0.407 e. The van der Waals surface area contributed by atoms with Crippen LogP contribution in [0.15, 0.2) is 48.5 Å². The molecule has 2 N–H and O–H groups in total. The highest BCUT2D eigenvalue weighted by atomic mass is 16.5. The van der Waals surface area contributed by atoms with Gasteiger partial charge < -0.3 is 20.1 Å². The number of ether oxygens (including phenoxy) is 1. The molecular formula is C27H32N2O5. The van der Waals surface area contributed by atoms with Crippen molar-refractivity contribution in [3.05, 3.63) is 59.7 Å². The minimum Gasteiger partial charge on any atom is -0.480 e. The first-order valence-corrected chi connectivity index (χ1v) is 12.0. The number of rotatable bonds is 7. The Morgan fingerprint density at radius 3 is 2.06 bits per heavy atom. The van der Waals surface area contributed by atoms with Gasteiger partial charge in [-0.25, -0.2) is 4.79 Å². The zero-order chi connectivity index (χ0) is 24.2. The fourth-order valence-corrected chi connectivity index (χ4v) is 5.19. The van der Waals surface area contributed by atoms with Crippen molar-refractivity contribution in [2.24, 2.45) is 5.92 Å². The molecule has 0 heterocycles. The highest BCUT2D eigenvalue weighted by molar-refractivity contribution is 5.83. The van der Waals surface area contributed by atoms with Crippen molar-refractivity contribution >= 4 is 18.0 Å². The molecule has 0 spiro atoms. The van der Waals surface area contributed by atoms with Crippen molar-refractivity contribution in [1.82, 2.24) is 10.2 Å². The van der Waals surface area contributed by atoms with E-state index in [1.54, 1.807) is 0 Å². The van der Waals surface area contributed by atoms with Gasteiger partial charge in [0.1, 0.15) is 13.2 Å². The van der Waals surface area contributed by atoms with Gasteiger partial charge in [-0.15, -0.1) is 0 Å². The van der Waals surface area contributed by atoms with Gasteiger partial charge in [0.15, 0.2) is 0 Å². The number of carbonyl (C=O) groups is 3. The lowest BCUT2D eigenvalue weighted by atomic mass is 9.85. The predicted octanol–water partition coefficient (Wildman–Crippen LogP) is 4.41. The molecule has 1 fully saturated rings. The summed E-state index contributed by atoms with van der Waals surface area (Å²) in [5.74, 6) is -1.31. The van der Waals surface area contributed by atoms with Crippen LogP contribution in [0.4, 0.5) is 4.79 Å². The summed E-state index contributed by atoms with van der Waals surface area (Å²) in [6.07, 6.45) is 2.14. The second kappa shape index (κ2) is 10.3. The van der Waals surface area contributed by atoms with E-state index in [0.717, 1.165) is 0 Å². The van der Waals surface area contributed by atoms with Gasteiger partial charge in [0, 0.05) is 23.9 Å². The van der Waals surface area contributed by atoms with E-state index in [0.29, 0.717) is 25.7 Å². The molecule has 7 nitrogen and oxygen atoms in total. The molecule has 0 radical (unpaired) electrons. The Morgan fingerprint density at radius 2 is 1.53 bits per heavy atom. The van der Waals surface area contributed by atoms with Crippen molar-refractivity contribution in [2.75, 3.05) is 13.2 Å². The lowest BCUT2D eigenvalue weighted by Crippen LogP contribution is -2.46. The lowest BCUT2D eigenvalue weighted by molar-refractivity contribution is -0.148. The molecule has 2 aliphatic carbocycles. The third kappa shape index (κ3) is 5.08. The monoisotopic (exact) mass is 464 g/mol. The number of hydrogen-bond acceptors (Lipinski definition) is 4. The number of carboxylic acids is 1. The third-order valence-electron chi connectivity index (χ3n) is 6.95. The molecule has 0 aliphatic heterocycles.